The molecule has 1 aromatic rings. The number of ether oxygens (including phenoxy) is 1. The summed E-state index contributed by atoms with van der Waals surface area (Å²) >= 11 is 0. The molecule has 1 amide bonds. The van der Waals surface area contributed by atoms with Crippen LogP contribution >= 0.6 is 21.6 Å². The van der Waals surface area contributed by atoms with Gasteiger partial charge in [-0.3, -0.25) is 9.59 Å². The molecule has 0 aliphatic carbocycles. The van der Waals surface area contributed by atoms with Crippen molar-refractivity contribution in [3.05, 3.63) is 29.8 Å². The second-order valence-electron chi connectivity index (χ2n) is 5.48. The Morgan fingerprint density at radius 3 is 3.00 bits per heavy atom. The third-order valence-corrected chi connectivity index (χ3v) is 6.53. The lowest BCUT2D eigenvalue weighted by atomic mass is 10.1. The number of esters is 1. The fourth-order valence-corrected chi connectivity index (χ4v) is 5.32. The molecule has 0 radical (unpaired) electrons. The van der Waals surface area contributed by atoms with Crippen LogP contribution in [-0.4, -0.2) is 29.5 Å². The Morgan fingerprint density at radius 2 is 2.25 bits per heavy atom. The fraction of sp³-hybridized carbons (Fsp3) is 0.471. The molecule has 5 nitrogen and oxygen atoms in total. The average molecular weight is 364 g/mol. The predicted octanol–water partition coefficient (Wildman–Crippen LogP) is 3.75. The van der Waals surface area contributed by atoms with E-state index in [4.69, 9.17) is 10.00 Å². The summed E-state index contributed by atoms with van der Waals surface area (Å²) < 4.78 is 4.98. The van der Waals surface area contributed by atoms with Gasteiger partial charge in [0.1, 0.15) is 0 Å². The molecule has 1 saturated heterocycles. The summed E-state index contributed by atoms with van der Waals surface area (Å²) in [5.74, 6) is 0.478. The molecule has 1 fully saturated rings. The SMILES string of the molecule is N#Cc1cccc(NC(=O)COC(=O)CCCC[C@H]2CCSS2)c1. The summed E-state index contributed by atoms with van der Waals surface area (Å²) in [6, 6.07) is 8.58. The van der Waals surface area contributed by atoms with E-state index in [0.717, 1.165) is 24.5 Å². The number of amides is 1. The molecule has 0 spiro atoms. The molecule has 1 aromatic carbocycles. The molecule has 0 unspecified atom stereocenters. The summed E-state index contributed by atoms with van der Waals surface area (Å²) in [6.45, 7) is -0.301. The molecule has 128 valence electrons. The molecule has 1 heterocycles. The Morgan fingerprint density at radius 1 is 1.38 bits per heavy atom. The molecule has 2 rings (SSSR count). The van der Waals surface area contributed by atoms with Crippen LogP contribution in [-0.2, 0) is 14.3 Å². The van der Waals surface area contributed by atoms with Crippen LogP contribution in [0.4, 0.5) is 5.69 Å². The number of hydrogen-bond acceptors (Lipinski definition) is 6. The average Bonchev–Trinajstić information content (AvgIpc) is 3.10. The highest BCUT2D eigenvalue weighted by atomic mass is 33.1. The first-order valence-electron chi connectivity index (χ1n) is 7.91. The lowest BCUT2D eigenvalue weighted by Crippen LogP contribution is -2.20. The zero-order valence-electron chi connectivity index (χ0n) is 13.3. The summed E-state index contributed by atoms with van der Waals surface area (Å²) in [7, 11) is 3.87. The van der Waals surface area contributed by atoms with Gasteiger partial charge >= 0.3 is 5.97 Å². The van der Waals surface area contributed by atoms with Crippen molar-refractivity contribution in [1.29, 1.82) is 5.26 Å². The summed E-state index contributed by atoms with van der Waals surface area (Å²) in [6.07, 6.45) is 4.56. The van der Waals surface area contributed by atoms with Crippen LogP contribution < -0.4 is 5.32 Å². The highest BCUT2D eigenvalue weighted by Crippen LogP contribution is 2.39. The molecule has 1 N–H and O–H groups in total. The van der Waals surface area contributed by atoms with E-state index in [1.165, 1.54) is 12.2 Å². The number of nitrogens with one attached hydrogen (secondary N) is 1. The van der Waals surface area contributed by atoms with E-state index in [1.54, 1.807) is 24.3 Å². The normalized spacial score (nSPS) is 16.4. The van der Waals surface area contributed by atoms with E-state index in [-0.39, 0.29) is 12.6 Å². The molecule has 1 atom stereocenters. The van der Waals surface area contributed by atoms with Crippen molar-refractivity contribution in [2.45, 2.75) is 37.4 Å². The van der Waals surface area contributed by atoms with Crippen LogP contribution in [0.1, 0.15) is 37.7 Å². The standard InChI is InChI=1S/C17H20N2O3S2/c18-11-13-4-3-5-14(10-13)19-16(20)12-22-17(21)7-2-1-6-15-8-9-23-24-15/h3-5,10,15H,1-2,6-9,12H2,(H,19,20)/t15-/m0/s1. The smallest absolute Gasteiger partial charge is 0.306 e. The van der Waals surface area contributed by atoms with Gasteiger partial charge in [-0.25, -0.2) is 0 Å². The molecule has 0 aromatic heterocycles. The Bertz CT molecular complexity index is 610. The molecule has 24 heavy (non-hydrogen) atoms. The monoisotopic (exact) mass is 364 g/mol. The molecule has 0 bridgehead atoms. The summed E-state index contributed by atoms with van der Waals surface area (Å²) in [5, 5.41) is 12.1. The number of nitriles is 1. The number of hydrogen-bond donors (Lipinski definition) is 1. The second kappa shape index (κ2) is 10.3. The van der Waals surface area contributed by atoms with Crippen LogP contribution in [0.2, 0.25) is 0 Å². The van der Waals surface area contributed by atoms with Gasteiger partial charge in [0.05, 0.1) is 11.6 Å². The van der Waals surface area contributed by atoms with E-state index in [1.807, 2.05) is 27.7 Å². The van der Waals surface area contributed by atoms with Gasteiger partial charge < -0.3 is 10.1 Å². The first kappa shape index (κ1) is 18.7. The van der Waals surface area contributed by atoms with Crippen molar-refractivity contribution in [2.75, 3.05) is 17.7 Å². The minimum absolute atomic E-state index is 0.301. The van der Waals surface area contributed by atoms with Crippen molar-refractivity contribution in [3.63, 3.8) is 0 Å². The number of anilines is 1. The maximum Gasteiger partial charge on any atom is 0.306 e. The van der Waals surface area contributed by atoms with Gasteiger partial charge in [0.25, 0.3) is 5.91 Å². The number of unbranched alkanes of at least 4 members (excludes halogenated alkanes) is 1. The van der Waals surface area contributed by atoms with E-state index in [2.05, 4.69) is 5.32 Å². The van der Waals surface area contributed by atoms with Crippen LogP contribution in [0.3, 0.4) is 0 Å². The minimum atomic E-state index is -0.405. The van der Waals surface area contributed by atoms with Gasteiger partial charge in [-0.1, -0.05) is 34.1 Å². The quantitative estimate of drug-likeness (QED) is 0.430. The van der Waals surface area contributed by atoms with Crippen molar-refractivity contribution in [3.8, 4) is 6.07 Å². The van der Waals surface area contributed by atoms with E-state index < -0.39 is 5.91 Å². The maximum absolute atomic E-state index is 11.7. The van der Waals surface area contributed by atoms with Crippen molar-refractivity contribution >= 4 is 39.2 Å². The second-order valence-corrected chi connectivity index (χ2v) is 8.26. The van der Waals surface area contributed by atoms with Gasteiger partial charge in [0.15, 0.2) is 6.61 Å². The van der Waals surface area contributed by atoms with Crippen LogP contribution in [0.5, 0.6) is 0 Å². The summed E-state index contributed by atoms with van der Waals surface area (Å²) in [5.41, 5.74) is 0.977. The fourth-order valence-electron chi connectivity index (χ4n) is 2.29. The topological polar surface area (TPSA) is 79.2 Å². The zero-order chi connectivity index (χ0) is 17.2. The molecular formula is C17H20N2O3S2. The first-order valence-corrected chi connectivity index (χ1v) is 10.3. The Labute approximate surface area is 149 Å². The largest absolute Gasteiger partial charge is 0.456 e. The zero-order valence-corrected chi connectivity index (χ0v) is 15.0. The summed E-state index contributed by atoms with van der Waals surface area (Å²) in [4.78, 5) is 23.4. The van der Waals surface area contributed by atoms with Crippen molar-refractivity contribution < 1.29 is 14.3 Å². The predicted molar refractivity (Wildman–Crippen MR) is 97.7 cm³/mol. The molecular weight excluding hydrogens is 344 g/mol. The number of rotatable bonds is 8. The van der Waals surface area contributed by atoms with E-state index in [9.17, 15) is 9.59 Å². The van der Waals surface area contributed by atoms with Gasteiger partial charge in [-0.2, -0.15) is 5.26 Å². The maximum atomic E-state index is 11.7. The lowest BCUT2D eigenvalue weighted by molar-refractivity contribution is -0.147. The minimum Gasteiger partial charge on any atom is -0.456 e. The van der Waals surface area contributed by atoms with Gasteiger partial charge in [0, 0.05) is 23.1 Å². The van der Waals surface area contributed by atoms with Gasteiger partial charge in [-0.15, -0.1) is 0 Å². The number of nitrogens with zero attached hydrogens (tertiary/aromatic N) is 1. The van der Waals surface area contributed by atoms with Gasteiger partial charge in [-0.05, 0) is 37.5 Å². The van der Waals surface area contributed by atoms with Crippen LogP contribution in [0, 0.1) is 11.3 Å². The number of carbonyl (C=O) groups excluding carboxylic acids is 2. The first-order chi connectivity index (χ1) is 11.7. The Kier molecular flexibility index (Phi) is 7.99. The third-order valence-electron chi connectivity index (χ3n) is 3.52. The molecule has 1 aliphatic heterocycles. The van der Waals surface area contributed by atoms with Crippen LogP contribution in [0.25, 0.3) is 0 Å². The van der Waals surface area contributed by atoms with E-state index >= 15 is 0 Å². The highest BCUT2D eigenvalue weighted by molar-refractivity contribution is 8.77. The van der Waals surface area contributed by atoms with Crippen molar-refractivity contribution in [2.24, 2.45) is 0 Å². The van der Waals surface area contributed by atoms with Gasteiger partial charge in [0.2, 0.25) is 0 Å². The van der Waals surface area contributed by atoms with E-state index in [0.29, 0.717) is 17.7 Å². The highest BCUT2D eigenvalue weighted by Gasteiger charge is 2.16. The molecule has 1 aliphatic rings. The number of benzene rings is 1. The lowest BCUT2D eigenvalue weighted by Gasteiger charge is -2.08. The Hall–Kier alpha value is -1.65. The Balaban J connectivity index is 1.58. The third kappa shape index (κ3) is 6.85. The van der Waals surface area contributed by atoms with Crippen LogP contribution in [0.15, 0.2) is 24.3 Å². The molecule has 0 saturated carbocycles. The molecule has 7 heteroatoms. The number of carbonyl (C=O) groups is 2. The van der Waals surface area contributed by atoms with Crippen molar-refractivity contribution in [1.82, 2.24) is 0 Å².